The summed E-state index contributed by atoms with van der Waals surface area (Å²) in [5, 5.41) is 0. The highest BCUT2D eigenvalue weighted by Crippen LogP contribution is 2.22. The zero-order chi connectivity index (χ0) is 14.0. The molecule has 1 aromatic carbocycles. The number of benzene rings is 1. The fourth-order valence-electron chi connectivity index (χ4n) is 2.37. The van der Waals surface area contributed by atoms with Crippen LogP contribution in [-0.4, -0.2) is 41.3 Å². The van der Waals surface area contributed by atoms with E-state index in [1.807, 2.05) is 18.7 Å². The third-order valence-corrected chi connectivity index (χ3v) is 3.78. The van der Waals surface area contributed by atoms with E-state index >= 15 is 0 Å². The van der Waals surface area contributed by atoms with Crippen molar-refractivity contribution >= 4 is 27.5 Å². The Morgan fingerprint density at radius 1 is 1.21 bits per heavy atom. The van der Waals surface area contributed by atoms with Gasteiger partial charge in [-0.25, -0.2) is 0 Å². The van der Waals surface area contributed by atoms with Crippen LogP contribution in [-0.2, 0) is 4.79 Å². The van der Waals surface area contributed by atoms with Gasteiger partial charge in [0, 0.05) is 31.9 Å². The lowest BCUT2D eigenvalue weighted by Gasteiger charge is -2.38. The topological polar surface area (TPSA) is 23.6 Å². The van der Waals surface area contributed by atoms with Crippen LogP contribution in [0.15, 0.2) is 24.3 Å². The fraction of sp³-hybridized carbons (Fsp3) is 0.533. The highest BCUT2D eigenvalue weighted by molar-refractivity contribution is 9.10. The molecule has 0 aliphatic carbocycles. The minimum Gasteiger partial charge on any atom is -0.368 e. The van der Waals surface area contributed by atoms with Crippen LogP contribution in [0.2, 0.25) is 0 Å². The van der Waals surface area contributed by atoms with Crippen LogP contribution >= 0.6 is 15.9 Å². The Hall–Kier alpha value is -1.03. The minimum atomic E-state index is -0.460. The number of amides is 1. The first-order chi connectivity index (χ1) is 8.88. The van der Waals surface area contributed by atoms with Gasteiger partial charge in [-0.15, -0.1) is 0 Å². The molecule has 1 saturated heterocycles. The van der Waals surface area contributed by atoms with Crippen LogP contribution in [0, 0.1) is 6.92 Å². The van der Waals surface area contributed by atoms with Crippen molar-refractivity contribution in [3.05, 3.63) is 29.8 Å². The number of carbonyl (C=O) groups excluding carboxylic acids is 1. The van der Waals surface area contributed by atoms with Gasteiger partial charge in [0.05, 0.1) is 4.32 Å². The van der Waals surface area contributed by atoms with Crippen LogP contribution in [0.5, 0.6) is 0 Å². The molecule has 1 aromatic rings. The summed E-state index contributed by atoms with van der Waals surface area (Å²) in [5.41, 5.74) is 2.53. The lowest BCUT2D eigenvalue weighted by molar-refractivity contribution is -0.133. The maximum Gasteiger partial charge on any atom is 0.239 e. The molecular weight excluding hydrogens is 304 g/mol. The molecule has 1 heterocycles. The van der Waals surface area contributed by atoms with E-state index in [0.717, 1.165) is 26.2 Å². The standard InChI is InChI=1S/C15H21BrN2O/c1-12-5-4-6-13(11-12)17-7-9-18(10-8-17)14(19)15(2,3)16/h4-6,11H,7-10H2,1-3H3. The second-order valence-corrected chi connectivity index (χ2v) is 7.57. The molecule has 0 saturated carbocycles. The number of rotatable bonds is 2. The molecule has 0 atom stereocenters. The van der Waals surface area contributed by atoms with Crippen molar-refractivity contribution < 1.29 is 4.79 Å². The fourth-order valence-corrected chi connectivity index (χ4v) is 2.62. The van der Waals surface area contributed by atoms with Crippen LogP contribution in [0.4, 0.5) is 5.69 Å². The molecule has 0 radical (unpaired) electrons. The summed E-state index contributed by atoms with van der Waals surface area (Å²) in [5.74, 6) is 0.177. The lowest BCUT2D eigenvalue weighted by Crippen LogP contribution is -2.52. The second-order valence-electron chi connectivity index (χ2n) is 5.59. The largest absolute Gasteiger partial charge is 0.368 e. The maximum absolute atomic E-state index is 12.2. The molecule has 19 heavy (non-hydrogen) atoms. The Bertz CT molecular complexity index is 459. The van der Waals surface area contributed by atoms with Crippen molar-refractivity contribution in [3.63, 3.8) is 0 Å². The van der Waals surface area contributed by atoms with Crippen LogP contribution in [0.1, 0.15) is 19.4 Å². The smallest absolute Gasteiger partial charge is 0.239 e. The lowest BCUT2D eigenvalue weighted by atomic mass is 10.1. The molecule has 1 fully saturated rings. The van der Waals surface area contributed by atoms with E-state index in [4.69, 9.17) is 0 Å². The van der Waals surface area contributed by atoms with E-state index in [2.05, 4.69) is 52.0 Å². The third kappa shape index (κ3) is 3.50. The quantitative estimate of drug-likeness (QED) is 0.781. The molecule has 0 spiro atoms. The van der Waals surface area contributed by atoms with Crippen LogP contribution in [0.3, 0.4) is 0 Å². The average Bonchev–Trinajstić information content (AvgIpc) is 2.37. The Balaban J connectivity index is 1.98. The molecule has 0 bridgehead atoms. The molecule has 0 unspecified atom stereocenters. The van der Waals surface area contributed by atoms with Gasteiger partial charge in [0.2, 0.25) is 5.91 Å². The summed E-state index contributed by atoms with van der Waals surface area (Å²) in [6.45, 7) is 9.31. The third-order valence-electron chi connectivity index (χ3n) is 3.44. The normalized spacial score (nSPS) is 16.6. The van der Waals surface area contributed by atoms with Gasteiger partial charge >= 0.3 is 0 Å². The summed E-state index contributed by atoms with van der Waals surface area (Å²) in [6, 6.07) is 8.53. The molecule has 2 rings (SSSR count). The summed E-state index contributed by atoms with van der Waals surface area (Å²) >= 11 is 3.44. The predicted octanol–water partition coefficient (Wildman–Crippen LogP) is 2.82. The van der Waals surface area contributed by atoms with E-state index in [-0.39, 0.29) is 5.91 Å². The van der Waals surface area contributed by atoms with Gasteiger partial charge < -0.3 is 9.80 Å². The zero-order valence-corrected chi connectivity index (χ0v) is 13.4. The highest BCUT2D eigenvalue weighted by Gasteiger charge is 2.31. The number of carbonyl (C=O) groups is 1. The Morgan fingerprint density at radius 3 is 2.37 bits per heavy atom. The molecule has 0 N–H and O–H groups in total. The highest BCUT2D eigenvalue weighted by atomic mass is 79.9. The van der Waals surface area contributed by atoms with Gasteiger partial charge in [-0.2, -0.15) is 0 Å². The molecule has 1 aliphatic rings. The first-order valence-electron chi connectivity index (χ1n) is 6.68. The molecule has 1 amide bonds. The number of alkyl halides is 1. The molecule has 104 valence electrons. The maximum atomic E-state index is 12.2. The molecular formula is C15H21BrN2O. The molecule has 3 nitrogen and oxygen atoms in total. The van der Waals surface area contributed by atoms with Crippen molar-refractivity contribution in [3.8, 4) is 0 Å². The Labute approximate surface area is 123 Å². The van der Waals surface area contributed by atoms with Crippen molar-refractivity contribution in [2.24, 2.45) is 0 Å². The summed E-state index contributed by atoms with van der Waals surface area (Å²) in [4.78, 5) is 16.5. The molecule has 0 aromatic heterocycles. The first-order valence-corrected chi connectivity index (χ1v) is 7.47. The van der Waals surface area contributed by atoms with Gasteiger partial charge in [0.15, 0.2) is 0 Å². The van der Waals surface area contributed by atoms with E-state index in [1.54, 1.807) is 0 Å². The number of hydrogen-bond acceptors (Lipinski definition) is 2. The summed E-state index contributed by atoms with van der Waals surface area (Å²) < 4.78 is -0.460. The predicted molar refractivity (Wildman–Crippen MR) is 83.0 cm³/mol. The van der Waals surface area contributed by atoms with Gasteiger partial charge in [0.25, 0.3) is 0 Å². The molecule has 1 aliphatic heterocycles. The Morgan fingerprint density at radius 2 is 1.84 bits per heavy atom. The van der Waals surface area contributed by atoms with Gasteiger partial charge in [0.1, 0.15) is 0 Å². The summed E-state index contributed by atoms with van der Waals surface area (Å²) in [7, 11) is 0. The van der Waals surface area contributed by atoms with Gasteiger partial charge in [-0.1, -0.05) is 28.1 Å². The van der Waals surface area contributed by atoms with Crippen LogP contribution < -0.4 is 4.90 Å². The van der Waals surface area contributed by atoms with Crippen molar-refractivity contribution in [1.29, 1.82) is 0 Å². The van der Waals surface area contributed by atoms with E-state index in [9.17, 15) is 4.79 Å². The SMILES string of the molecule is Cc1cccc(N2CCN(C(=O)C(C)(C)Br)CC2)c1. The van der Waals surface area contributed by atoms with E-state index in [0.29, 0.717) is 0 Å². The van der Waals surface area contributed by atoms with Gasteiger partial charge in [-0.05, 0) is 38.5 Å². The summed E-state index contributed by atoms with van der Waals surface area (Å²) in [6.07, 6.45) is 0. The van der Waals surface area contributed by atoms with E-state index in [1.165, 1.54) is 11.3 Å². The van der Waals surface area contributed by atoms with E-state index < -0.39 is 4.32 Å². The number of hydrogen-bond donors (Lipinski definition) is 0. The number of anilines is 1. The number of nitrogens with zero attached hydrogens (tertiary/aromatic N) is 2. The molecule has 4 heteroatoms. The zero-order valence-electron chi connectivity index (χ0n) is 11.8. The van der Waals surface area contributed by atoms with Crippen molar-refractivity contribution in [1.82, 2.24) is 4.90 Å². The number of piperazine rings is 1. The minimum absolute atomic E-state index is 0.177. The number of aryl methyl sites for hydroxylation is 1. The van der Waals surface area contributed by atoms with Crippen molar-refractivity contribution in [2.75, 3.05) is 31.1 Å². The van der Waals surface area contributed by atoms with Crippen LogP contribution in [0.25, 0.3) is 0 Å². The Kier molecular flexibility index (Phi) is 4.19. The van der Waals surface area contributed by atoms with Gasteiger partial charge in [-0.3, -0.25) is 4.79 Å². The van der Waals surface area contributed by atoms with Crippen molar-refractivity contribution in [2.45, 2.75) is 25.1 Å². The first kappa shape index (κ1) is 14.4. The second kappa shape index (κ2) is 5.53. The number of halogens is 1. The monoisotopic (exact) mass is 324 g/mol. The average molecular weight is 325 g/mol.